The van der Waals surface area contributed by atoms with E-state index in [4.69, 9.17) is 0 Å². The zero-order valence-corrected chi connectivity index (χ0v) is 14.8. The number of carbonyl (C=O) groups is 1. The Labute approximate surface area is 140 Å². The van der Waals surface area contributed by atoms with Crippen molar-refractivity contribution >= 4 is 11.9 Å². The topological polar surface area (TPSA) is 65.5 Å². The van der Waals surface area contributed by atoms with Crippen LogP contribution < -0.4 is 16.0 Å². The fourth-order valence-corrected chi connectivity index (χ4v) is 1.99. The molecule has 0 spiro atoms. The van der Waals surface area contributed by atoms with E-state index in [0.29, 0.717) is 13.1 Å². The lowest BCUT2D eigenvalue weighted by Gasteiger charge is -2.18. The van der Waals surface area contributed by atoms with Crippen LogP contribution in [0.1, 0.15) is 32.8 Å². The summed E-state index contributed by atoms with van der Waals surface area (Å²) in [7, 11) is 1.75. The molecule has 0 fully saturated rings. The van der Waals surface area contributed by atoms with Crippen molar-refractivity contribution in [3.05, 3.63) is 35.9 Å². The average molecular weight is 318 g/mol. The van der Waals surface area contributed by atoms with Gasteiger partial charge in [0.2, 0.25) is 5.91 Å². The van der Waals surface area contributed by atoms with Crippen molar-refractivity contribution < 1.29 is 4.79 Å². The minimum Gasteiger partial charge on any atom is -0.356 e. The quantitative estimate of drug-likeness (QED) is 0.409. The van der Waals surface area contributed by atoms with Crippen LogP contribution in [0.4, 0.5) is 0 Å². The lowest BCUT2D eigenvalue weighted by atomic mass is 9.96. The molecular formula is C18H30N4O. The van der Waals surface area contributed by atoms with E-state index in [1.54, 1.807) is 7.05 Å². The van der Waals surface area contributed by atoms with E-state index >= 15 is 0 Å². The molecule has 0 aromatic heterocycles. The molecule has 0 aliphatic heterocycles. The molecule has 0 aliphatic carbocycles. The third-order valence-corrected chi connectivity index (χ3v) is 3.39. The molecule has 5 heteroatoms. The number of hydrogen-bond donors (Lipinski definition) is 3. The minimum absolute atomic E-state index is 0.0603. The summed E-state index contributed by atoms with van der Waals surface area (Å²) in [5.41, 5.74) is 0.999. The first kappa shape index (κ1) is 19.0. The van der Waals surface area contributed by atoms with E-state index < -0.39 is 0 Å². The monoisotopic (exact) mass is 318 g/mol. The maximum atomic E-state index is 11.7. The zero-order valence-electron chi connectivity index (χ0n) is 14.8. The lowest BCUT2D eigenvalue weighted by Crippen LogP contribution is -2.43. The molecule has 0 bridgehead atoms. The first-order chi connectivity index (χ1) is 10.9. The van der Waals surface area contributed by atoms with Crippen LogP contribution >= 0.6 is 0 Å². The molecule has 0 saturated heterocycles. The molecule has 3 N–H and O–H groups in total. The molecule has 1 aromatic rings. The van der Waals surface area contributed by atoms with Crippen molar-refractivity contribution in [2.75, 3.05) is 26.7 Å². The van der Waals surface area contributed by atoms with E-state index in [0.717, 1.165) is 25.3 Å². The number of nitrogens with zero attached hydrogens (tertiary/aromatic N) is 1. The van der Waals surface area contributed by atoms with Gasteiger partial charge in [0, 0.05) is 32.1 Å². The Morgan fingerprint density at radius 2 is 1.61 bits per heavy atom. The summed E-state index contributed by atoms with van der Waals surface area (Å²) in [5.74, 6) is 0.827. The van der Waals surface area contributed by atoms with Gasteiger partial charge in [-0.25, -0.2) is 0 Å². The number of amides is 1. The molecule has 0 heterocycles. The van der Waals surface area contributed by atoms with Crippen molar-refractivity contribution in [3.63, 3.8) is 0 Å². The molecule has 1 aromatic carbocycles. The summed E-state index contributed by atoms with van der Waals surface area (Å²) in [6.07, 6.45) is 2.10. The van der Waals surface area contributed by atoms with Crippen LogP contribution in [-0.2, 0) is 11.2 Å². The normalized spacial score (nSPS) is 11.9. The number of aryl methyl sites for hydroxylation is 1. The van der Waals surface area contributed by atoms with Crippen molar-refractivity contribution in [2.24, 2.45) is 10.4 Å². The van der Waals surface area contributed by atoms with E-state index in [9.17, 15) is 4.79 Å². The molecule has 0 atom stereocenters. The van der Waals surface area contributed by atoms with Gasteiger partial charge in [0.15, 0.2) is 5.96 Å². The molecular weight excluding hydrogens is 288 g/mol. The van der Waals surface area contributed by atoms with Crippen LogP contribution in [0, 0.1) is 5.41 Å². The minimum atomic E-state index is -0.350. The summed E-state index contributed by atoms with van der Waals surface area (Å²) in [5, 5.41) is 9.39. The largest absolute Gasteiger partial charge is 0.356 e. The highest BCUT2D eigenvalue weighted by atomic mass is 16.2. The van der Waals surface area contributed by atoms with Crippen LogP contribution in [0.3, 0.4) is 0 Å². The van der Waals surface area contributed by atoms with Gasteiger partial charge in [-0.3, -0.25) is 9.79 Å². The van der Waals surface area contributed by atoms with E-state index in [1.807, 2.05) is 26.8 Å². The van der Waals surface area contributed by atoms with Crippen LogP contribution in [0.2, 0.25) is 0 Å². The third kappa shape index (κ3) is 8.24. The molecule has 0 radical (unpaired) electrons. The van der Waals surface area contributed by atoms with Crippen LogP contribution in [0.5, 0.6) is 0 Å². The Bertz CT molecular complexity index is 491. The smallest absolute Gasteiger partial charge is 0.225 e. The summed E-state index contributed by atoms with van der Waals surface area (Å²) < 4.78 is 0. The molecule has 23 heavy (non-hydrogen) atoms. The average Bonchev–Trinajstić information content (AvgIpc) is 2.53. The Kier molecular flexibility index (Phi) is 8.16. The van der Waals surface area contributed by atoms with Crippen molar-refractivity contribution in [2.45, 2.75) is 33.6 Å². The predicted molar refractivity (Wildman–Crippen MR) is 96.6 cm³/mol. The Morgan fingerprint density at radius 1 is 1.00 bits per heavy atom. The number of guanidine groups is 1. The Morgan fingerprint density at radius 3 is 2.22 bits per heavy atom. The molecule has 0 saturated carbocycles. The van der Waals surface area contributed by atoms with Gasteiger partial charge in [-0.1, -0.05) is 51.1 Å². The summed E-state index contributed by atoms with van der Waals surface area (Å²) in [6.45, 7) is 7.82. The highest BCUT2D eigenvalue weighted by Gasteiger charge is 2.20. The molecule has 128 valence electrons. The maximum absolute atomic E-state index is 11.7. The summed E-state index contributed by atoms with van der Waals surface area (Å²) in [6, 6.07) is 10.5. The first-order valence-electron chi connectivity index (χ1n) is 8.20. The predicted octanol–water partition coefficient (Wildman–Crippen LogP) is 1.95. The standard InChI is InChI=1S/C18H30N4O/c1-18(2,3)16(23)20-13-14-22-17(19-4)21-12-8-11-15-9-6-5-7-10-15/h5-7,9-10H,8,11-14H2,1-4H3,(H,20,23)(H2,19,21,22). The number of carbonyl (C=O) groups excluding carboxylic acids is 1. The first-order valence-corrected chi connectivity index (χ1v) is 8.20. The molecule has 1 amide bonds. The number of nitrogens with one attached hydrogen (secondary N) is 3. The molecule has 0 unspecified atom stereocenters. The van der Waals surface area contributed by atoms with Gasteiger partial charge in [0.1, 0.15) is 0 Å². The van der Waals surface area contributed by atoms with Gasteiger partial charge >= 0.3 is 0 Å². The number of aliphatic imine (C=N–C) groups is 1. The van der Waals surface area contributed by atoms with Crippen molar-refractivity contribution in [1.29, 1.82) is 0 Å². The molecule has 1 rings (SSSR count). The van der Waals surface area contributed by atoms with Gasteiger partial charge in [0.25, 0.3) is 0 Å². The summed E-state index contributed by atoms with van der Waals surface area (Å²) >= 11 is 0. The van der Waals surface area contributed by atoms with Gasteiger partial charge < -0.3 is 16.0 Å². The number of rotatable bonds is 7. The maximum Gasteiger partial charge on any atom is 0.225 e. The van der Waals surface area contributed by atoms with Crippen LogP contribution in [0.15, 0.2) is 35.3 Å². The van der Waals surface area contributed by atoms with Gasteiger partial charge in [-0.2, -0.15) is 0 Å². The summed E-state index contributed by atoms with van der Waals surface area (Å²) in [4.78, 5) is 15.9. The molecule has 5 nitrogen and oxygen atoms in total. The molecule has 0 aliphatic rings. The Hall–Kier alpha value is -2.04. The van der Waals surface area contributed by atoms with E-state index in [1.165, 1.54) is 5.56 Å². The zero-order chi connectivity index (χ0) is 17.1. The third-order valence-electron chi connectivity index (χ3n) is 3.39. The second-order valence-electron chi connectivity index (χ2n) is 6.52. The second-order valence-corrected chi connectivity index (χ2v) is 6.52. The lowest BCUT2D eigenvalue weighted by molar-refractivity contribution is -0.128. The highest BCUT2D eigenvalue weighted by molar-refractivity contribution is 5.81. The van der Waals surface area contributed by atoms with E-state index in [-0.39, 0.29) is 11.3 Å². The van der Waals surface area contributed by atoms with Gasteiger partial charge in [-0.05, 0) is 18.4 Å². The van der Waals surface area contributed by atoms with Gasteiger partial charge in [0.05, 0.1) is 0 Å². The fraction of sp³-hybridized carbons (Fsp3) is 0.556. The number of benzene rings is 1. The van der Waals surface area contributed by atoms with E-state index in [2.05, 4.69) is 45.2 Å². The Balaban J connectivity index is 2.14. The second kappa shape index (κ2) is 9.87. The SMILES string of the molecule is CN=C(NCCCc1ccccc1)NCCNC(=O)C(C)(C)C. The van der Waals surface area contributed by atoms with Gasteiger partial charge in [-0.15, -0.1) is 0 Å². The number of hydrogen-bond acceptors (Lipinski definition) is 2. The van der Waals surface area contributed by atoms with Crippen molar-refractivity contribution in [1.82, 2.24) is 16.0 Å². The van der Waals surface area contributed by atoms with Crippen LogP contribution in [0.25, 0.3) is 0 Å². The van der Waals surface area contributed by atoms with Crippen molar-refractivity contribution in [3.8, 4) is 0 Å². The fourth-order valence-electron chi connectivity index (χ4n) is 1.99. The van der Waals surface area contributed by atoms with Crippen LogP contribution in [-0.4, -0.2) is 38.5 Å². The highest BCUT2D eigenvalue weighted by Crippen LogP contribution is 2.11.